The summed E-state index contributed by atoms with van der Waals surface area (Å²) in [7, 11) is 0. The first-order valence-corrected chi connectivity index (χ1v) is 7.82. The molecule has 104 valence electrons. The third-order valence-corrected chi connectivity index (χ3v) is 4.40. The van der Waals surface area contributed by atoms with Gasteiger partial charge in [-0.05, 0) is 63.3 Å². The molecule has 1 aliphatic carbocycles. The van der Waals surface area contributed by atoms with E-state index in [0.29, 0.717) is 0 Å². The van der Waals surface area contributed by atoms with Gasteiger partial charge in [-0.2, -0.15) is 0 Å². The molecule has 0 heterocycles. The Morgan fingerprint density at radius 2 is 2.21 bits per heavy atom. The van der Waals surface area contributed by atoms with Crippen molar-refractivity contribution in [3.63, 3.8) is 0 Å². The molecule has 0 saturated heterocycles. The molecule has 0 fully saturated rings. The van der Waals surface area contributed by atoms with Gasteiger partial charge < -0.3 is 5.32 Å². The minimum absolute atomic E-state index is 0.199. The molecule has 1 N–H and O–H groups in total. The van der Waals surface area contributed by atoms with Gasteiger partial charge in [-0.25, -0.2) is 4.39 Å². The van der Waals surface area contributed by atoms with E-state index in [2.05, 4.69) is 34.2 Å². The maximum atomic E-state index is 13.0. The van der Waals surface area contributed by atoms with Gasteiger partial charge in [0.25, 0.3) is 0 Å². The summed E-state index contributed by atoms with van der Waals surface area (Å²) < 4.78 is 13.9. The molecule has 1 aliphatic rings. The SMILES string of the molecule is CC(NCCC1=CCCCC1)c1ccc(F)cc1Br. The summed E-state index contributed by atoms with van der Waals surface area (Å²) in [6.45, 7) is 3.10. The van der Waals surface area contributed by atoms with E-state index in [1.807, 2.05) is 6.07 Å². The van der Waals surface area contributed by atoms with E-state index < -0.39 is 0 Å². The van der Waals surface area contributed by atoms with Gasteiger partial charge in [0.2, 0.25) is 0 Å². The molecule has 0 radical (unpaired) electrons. The van der Waals surface area contributed by atoms with Gasteiger partial charge in [0, 0.05) is 10.5 Å². The van der Waals surface area contributed by atoms with Gasteiger partial charge in [0.05, 0.1) is 0 Å². The second-order valence-electron chi connectivity index (χ2n) is 5.20. The van der Waals surface area contributed by atoms with Crippen LogP contribution in [0.4, 0.5) is 4.39 Å². The second kappa shape index (κ2) is 7.20. The molecule has 19 heavy (non-hydrogen) atoms. The molecular formula is C16H21BrFN. The summed E-state index contributed by atoms with van der Waals surface area (Å²) in [4.78, 5) is 0. The van der Waals surface area contributed by atoms with Crippen molar-refractivity contribution in [2.24, 2.45) is 0 Å². The number of allylic oxidation sites excluding steroid dienone is 1. The smallest absolute Gasteiger partial charge is 0.124 e. The Labute approximate surface area is 123 Å². The maximum Gasteiger partial charge on any atom is 0.124 e. The van der Waals surface area contributed by atoms with E-state index in [-0.39, 0.29) is 11.9 Å². The van der Waals surface area contributed by atoms with Gasteiger partial charge in [-0.15, -0.1) is 0 Å². The van der Waals surface area contributed by atoms with E-state index in [0.717, 1.165) is 23.0 Å². The van der Waals surface area contributed by atoms with Crippen molar-refractivity contribution in [3.05, 3.63) is 45.7 Å². The van der Waals surface area contributed by atoms with Crippen molar-refractivity contribution >= 4 is 15.9 Å². The quantitative estimate of drug-likeness (QED) is 0.740. The van der Waals surface area contributed by atoms with E-state index in [1.54, 1.807) is 5.57 Å². The van der Waals surface area contributed by atoms with Crippen LogP contribution in [0.3, 0.4) is 0 Å². The summed E-state index contributed by atoms with van der Waals surface area (Å²) >= 11 is 3.42. The monoisotopic (exact) mass is 325 g/mol. The lowest BCUT2D eigenvalue weighted by molar-refractivity contribution is 0.558. The van der Waals surface area contributed by atoms with Gasteiger partial charge >= 0.3 is 0 Å². The molecule has 0 aromatic heterocycles. The predicted octanol–water partition coefficient (Wildman–Crippen LogP) is 5.13. The fourth-order valence-electron chi connectivity index (χ4n) is 2.54. The molecule has 3 heteroatoms. The number of nitrogens with one attached hydrogen (secondary N) is 1. The highest BCUT2D eigenvalue weighted by Crippen LogP contribution is 2.25. The fourth-order valence-corrected chi connectivity index (χ4v) is 3.24. The molecular weight excluding hydrogens is 305 g/mol. The molecule has 1 nitrogen and oxygen atoms in total. The molecule has 0 bridgehead atoms. The molecule has 1 atom stereocenters. The highest BCUT2D eigenvalue weighted by atomic mass is 79.9. The Morgan fingerprint density at radius 3 is 2.89 bits per heavy atom. The standard InChI is InChI=1S/C16H21BrFN/c1-12(15-8-7-14(18)11-16(15)17)19-10-9-13-5-3-2-4-6-13/h5,7-8,11-12,19H,2-4,6,9-10H2,1H3. The van der Waals surface area contributed by atoms with E-state index in [1.165, 1.54) is 37.8 Å². The van der Waals surface area contributed by atoms with E-state index in [4.69, 9.17) is 0 Å². The minimum Gasteiger partial charge on any atom is -0.310 e. The first-order valence-electron chi connectivity index (χ1n) is 7.03. The summed E-state index contributed by atoms with van der Waals surface area (Å²) in [6.07, 6.45) is 8.71. The average molecular weight is 326 g/mol. The third-order valence-electron chi connectivity index (χ3n) is 3.71. The van der Waals surface area contributed by atoms with Crippen LogP contribution in [0.2, 0.25) is 0 Å². The lowest BCUT2D eigenvalue weighted by Gasteiger charge is -2.18. The molecule has 1 aromatic carbocycles. The Kier molecular flexibility index (Phi) is 5.59. The van der Waals surface area contributed by atoms with Crippen LogP contribution >= 0.6 is 15.9 Å². The van der Waals surface area contributed by atoms with Gasteiger partial charge in [0.1, 0.15) is 5.82 Å². The zero-order valence-corrected chi connectivity index (χ0v) is 13.0. The molecule has 0 amide bonds. The van der Waals surface area contributed by atoms with Gasteiger partial charge in [0.15, 0.2) is 0 Å². The van der Waals surface area contributed by atoms with Crippen molar-refractivity contribution in [3.8, 4) is 0 Å². The number of hydrogen-bond acceptors (Lipinski definition) is 1. The largest absolute Gasteiger partial charge is 0.310 e. The minimum atomic E-state index is -0.199. The number of rotatable bonds is 5. The Hall–Kier alpha value is -0.670. The Bertz CT molecular complexity index is 456. The lowest BCUT2D eigenvalue weighted by Crippen LogP contribution is -2.20. The van der Waals surface area contributed by atoms with Crippen LogP contribution in [-0.4, -0.2) is 6.54 Å². The van der Waals surface area contributed by atoms with Crippen molar-refractivity contribution in [1.82, 2.24) is 5.32 Å². The third kappa shape index (κ3) is 4.43. The predicted molar refractivity (Wildman–Crippen MR) is 81.7 cm³/mol. The van der Waals surface area contributed by atoms with Gasteiger partial charge in [-0.3, -0.25) is 0 Å². The molecule has 0 aliphatic heterocycles. The van der Waals surface area contributed by atoms with Crippen LogP contribution in [0.25, 0.3) is 0 Å². The highest BCUT2D eigenvalue weighted by molar-refractivity contribution is 9.10. The van der Waals surface area contributed by atoms with Crippen LogP contribution in [0.1, 0.15) is 50.6 Å². The van der Waals surface area contributed by atoms with Crippen molar-refractivity contribution in [2.45, 2.75) is 45.1 Å². The Balaban J connectivity index is 1.83. The van der Waals surface area contributed by atoms with Crippen LogP contribution in [0.5, 0.6) is 0 Å². The zero-order chi connectivity index (χ0) is 13.7. The number of hydrogen-bond donors (Lipinski definition) is 1. The fraction of sp³-hybridized carbons (Fsp3) is 0.500. The van der Waals surface area contributed by atoms with Crippen LogP contribution in [0.15, 0.2) is 34.3 Å². The number of benzene rings is 1. The normalized spacial score (nSPS) is 17.1. The molecule has 0 spiro atoms. The van der Waals surface area contributed by atoms with Crippen molar-refractivity contribution in [2.75, 3.05) is 6.54 Å². The van der Waals surface area contributed by atoms with E-state index >= 15 is 0 Å². The first-order chi connectivity index (χ1) is 9.16. The van der Waals surface area contributed by atoms with Gasteiger partial charge in [-0.1, -0.05) is 33.6 Å². The zero-order valence-electron chi connectivity index (χ0n) is 11.4. The number of halogens is 2. The summed E-state index contributed by atoms with van der Waals surface area (Å²) in [5.74, 6) is -0.199. The van der Waals surface area contributed by atoms with Crippen molar-refractivity contribution in [1.29, 1.82) is 0 Å². The first kappa shape index (κ1) is 14.7. The van der Waals surface area contributed by atoms with Crippen LogP contribution in [0, 0.1) is 5.82 Å². The second-order valence-corrected chi connectivity index (χ2v) is 6.05. The highest BCUT2D eigenvalue weighted by Gasteiger charge is 2.10. The molecule has 2 rings (SSSR count). The molecule has 0 saturated carbocycles. The van der Waals surface area contributed by atoms with Crippen molar-refractivity contribution < 1.29 is 4.39 Å². The summed E-state index contributed by atoms with van der Waals surface area (Å²) in [5, 5.41) is 3.51. The summed E-state index contributed by atoms with van der Waals surface area (Å²) in [5.41, 5.74) is 2.70. The van der Waals surface area contributed by atoms with Crippen LogP contribution in [-0.2, 0) is 0 Å². The Morgan fingerprint density at radius 1 is 1.37 bits per heavy atom. The molecule has 1 unspecified atom stereocenters. The lowest BCUT2D eigenvalue weighted by atomic mass is 9.97. The maximum absolute atomic E-state index is 13.0. The molecule has 1 aromatic rings. The van der Waals surface area contributed by atoms with Crippen LogP contribution < -0.4 is 5.32 Å². The average Bonchev–Trinajstić information content (AvgIpc) is 2.39. The van der Waals surface area contributed by atoms with E-state index in [9.17, 15) is 4.39 Å². The summed E-state index contributed by atoms with van der Waals surface area (Å²) in [6, 6.07) is 5.12. The topological polar surface area (TPSA) is 12.0 Å².